The van der Waals surface area contributed by atoms with Crippen molar-refractivity contribution in [1.82, 2.24) is 0 Å². The van der Waals surface area contributed by atoms with Crippen LogP contribution >= 0.6 is 0 Å². The Hall–Kier alpha value is -8.47. The van der Waals surface area contributed by atoms with E-state index in [1.165, 1.54) is 122 Å². The van der Waals surface area contributed by atoms with E-state index in [9.17, 15) is 0 Å². The minimum absolute atomic E-state index is 0.00131. The fourth-order valence-corrected chi connectivity index (χ4v) is 15.2. The van der Waals surface area contributed by atoms with Crippen molar-refractivity contribution < 1.29 is 4.74 Å². The lowest BCUT2D eigenvalue weighted by Crippen LogP contribution is -2.64. The van der Waals surface area contributed by atoms with Gasteiger partial charge in [0.1, 0.15) is 11.5 Å². The van der Waals surface area contributed by atoms with Crippen molar-refractivity contribution >= 4 is 97.4 Å². The van der Waals surface area contributed by atoms with Gasteiger partial charge in [-0.25, -0.2) is 0 Å². The van der Waals surface area contributed by atoms with Crippen molar-refractivity contribution in [3.05, 3.63) is 232 Å². The third kappa shape index (κ3) is 9.64. The van der Waals surface area contributed by atoms with Crippen LogP contribution in [0.2, 0.25) is 0 Å². The summed E-state index contributed by atoms with van der Waals surface area (Å²) in [6, 6.07) is 71.3. The minimum atomic E-state index is -0.160. The van der Waals surface area contributed by atoms with Gasteiger partial charge in [0, 0.05) is 57.3 Å². The van der Waals surface area contributed by atoms with E-state index >= 15 is 0 Å². The monoisotopic (exact) mass is 1180 g/mol. The molecular weight excluding hydrogens is 1090 g/mol. The molecule has 0 N–H and O–H groups in total. The molecular formula is C84H87B2N3O. The van der Waals surface area contributed by atoms with E-state index in [-0.39, 0.29) is 40.5 Å². The van der Waals surface area contributed by atoms with Gasteiger partial charge in [0.25, 0.3) is 13.4 Å². The third-order valence-corrected chi connectivity index (χ3v) is 20.2. The highest BCUT2D eigenvalue weighted by Gasteiger charge is 2.49. The van der Waals surface area contributed by atoms with Crippen molar-refractivity contribution in [3.8, 4) is 33.8 Å². The van der Waals surface area contributed by atoms with E-state index in [2.05, 4.69) is 328 Å². The van der Waals surface area contributed by atoms with Gasteiger partial charge in [-0.15, -0.1) is 0 Å². The fourth-order valence-electron chi connectivity index (χ4n) is 15.2. The molecule has 0 fully saturated rings. The molecule has 10 aromatic carbocycles. The van der Waals surface area contributed by atoms with Crippen LogP contribution in [0.25, 0.3) is 22.3 Å². The average Bonchev–Trinajstić information content (AvgIpc) is 0.692. The second-order valence-corrected chi connectivity index (χ2v) is 31.7. The average molecular weight is 1180 g/mol. The van der Waals surface area contributed by atoms with E-state index in [1.807, 2.05) is 0 Å². The standard InChI is InChI=1S/C84H87B2N3O/c1-50-22-20-23-51(2)76(50)54-42-71-78-72(43-54)89(63-38-30-58(31-39-63)82(11,12)13)70-49-74-67(48-66(70)85(78)64-46-59(83(14,15)16)32-40-68(64)87(71)61-34-26-56(27-35-61)80(5,6)7)86-65-47-60(84(17,18)19)33-41-69(65)88(62-36-28-57(29-37-62)81(8,9)10)73-44-55(45-75(90-74)79(73)86)77-52(3)24-21-25-53(77)4/h20-49H,1-19H3. The number of rotatable bonds is 5. The Labute approximate surface area is 538 Å². The Balaban J connectivity index is 1.11. The van der Waals surface area contributed by atoms with Crippen LogP contribution in [-0.4, -0.2) is 13.4 Å². The first kappa shape index (κ1) is 59.2. The van der Waals surface area contributed by atoms with Gasteiger partial charge in [0.2, 0.25) is 0 Å². The van der Waals surface area contributed by atoms with Crippen molar-refractivity contribution in [3.63, 3.8) is 0 Å². The van der Waals surface area contributed by atoms with Crippen LogP contribution in [-0.2, 0) is 27.1 Å². The molecule has 0 saturated heterocycles. The zero-order valence-electron chi connectivity index (χ0n) is 56.7. The predicted molar refractivity (Wildman–Crippen MR) is 390 cm³/mol. The molecule has 0 unspecified atom stereocenters. The van der Waals surface area contributed by atoms with Gasteiger partial charge < -0.3 is 19.4 Å². The first-order chi connectivity index (χ1) is 42.4. The van der Waals surface area contributed by atoms with E-state index in [4.69, 9.17) is 4.74 Å². The summed E-state index contributed by atoms with van der Waals surface area (Å²) >= 11 is 0. The zero-order chi connectivity index (χ0) is 63.6. The van der Waals surface area contributed by atoms with Gasteiger partial charge in [-0.05, 0) is 233 Å². The molecule has 0 aliphatic carbocycles. The Kier molecular flexibility index (Phi) is 13.5. The summed E-state index contributed by atoms with van der Waals surface area (Å²) in [6.07, 6.45) is 0. The number of nitrogens with zero attached hydrogens (tertiary/aromatic N) is 3. The summed E-state index contributed by atoms with van der Waals surface area (Å²) in [5, 5.41) is 0. The molecule has 10 aromatic rings. The Morgan fingerprint density at radius 3 is 0.978 bits per heavy atom. The number of aryl methyl sites for hydroxylation is 4. The van der Waals surface area contributed by atoms with Crippen LogP contribution in [0.1, 0.15) is 154 Å². The molecule has 0 amide bonds. The van der Waals surface area contributed by atoms with Crippen molar-refractivity contribution in [2.75, 3.05) is 14.7 Å². The van der Waals surface area contributed by atoms with Crippen LogP contribution in [0.4, 0.5) is 51.2 Å². The van der Waals surface area contributed by atoms with Crippen LogP contribution < -0.4 is 52.2 Å². The molecule has 0 saturated carbocycles. The minimum Gasteiger partial charge on any atom is -0.458 e. The molecule has 6 heteroatoms. The van der Waals surface area contributed by atoms with Gasteiger partial charge >= 0.3 is 0 Å². The summed E-state index contributed by atoms with van der Waals surface area (Å²) in [6.45, 7) is 43.6. The van der Waals surface area contributed by atoms with Gasteiger partial charge in [0.05, 0.1) is 0 Å². The highest BCUT2D eigenvalue weighted by Crippen LogP contribution is 2.51. The summed E-state index contributed by atoms with van der Waals surface area (Å²) in [5.74, 6) is 1.78. The maximum Gasteiger partial charge on any atom is 0.256 e. The molecule has 0 spiro atoms. The van der Waals surface area contributed by atoms with Crippen molar-refractivity contribution in [2.24, 2.45) is 0 Å². The highest BCUT2D eigenvalue weighted by atomic mass is 16.5. The number of hydrogen-bond donors (Lipinski definition) is 0. The number of hydrogen-bond acceptors (Lipinski definition) is 4. The summed E-state index contributed by atoms with van der Waals surface area (Å²) < 4.78 is 7.84. The van der Waals surface area contributed by atoms with Gasteiger partial charge in [0.15, 0.2) is 0 Å². The normalized spacial score (nSPS) is 14.1. The zero-order valence-corrected chi connectivity index (χ0v) is 56.7. The molecule has 0 radical (unpaired) electrons. The SMILES string of the molecule is Cc1cccc(C)c1-c1cc2c3c(c1)N(c1ccc(C(C)(C)C)cc1)c1ccc(C(C)(C)C)cc1B3c1cc3c(cc1O2)N(c1ccc(C(C)(C)C)cc1)c1cc(-c2c(C)cccc2C)cc2c1B3c1cc(C(C)(C)C)ccc1N2c1ccc(C(C)(C)C)cc1. The molecule has 450 valence electrons. The topological polar surface area (TPSA) is 19.0 Å². The first-order valence-corrected chi connectivity index (χ1v) is 32.8. The summed E-state index contributed by atoms with van der Waals surface area (Å²) in [5.41, 5.74) is 34.1. The molecule has 4 aliphatic rings. The molecule has 0 aromatic heterocycles. The molecule has 4 nitrogen and oxygen atoms in total. The van der Waals surface area contributed by atoms with E-state index in [0.29, 0.717) is 0 Å². The first-order valence-electron chi connectivity index (χ1n) is 32.8. The smallest absolute Gasteiger partial charge is 0.256 e. The van der Waals surface area contributed by atoms with Gasteiger partial charge in [-0.1, -0.05) is 207 Å². The largest absolute Gasteiger partial charge is 0.458 e. The molecule has 90 heavy (non-hydrogen) atoms. The van der Waals surface area contributed by atoms with E-state index < -0.39 is 0 Å². The van der Waals surface area contributed by atoms with Crippen molar-refractivity contribution in [1.29, 1.82) is 0 Å². The predicted octanol–water partition coefficient (Wildman–Crippen LogP) is 19.2. The van der Waals surface area contributed by atoms with Crippen LogP contribution in [0.5, 0.6) is 11.5 Å². The second kappa shape index (κ2) is 20.5. The Bertz CT molecular complexity index is 4530. The quantitative estimate of drug-likeness (QED) is 0.160. The Morgan fingerprint density at radius 2 is 0.600 bits per heavy atom. The third-order valence-electron chi connectivity index (χ3n) is 20.2. The van der Waals surface area contributed by atoms with Crippen LogP contribution in [0, 0.1) is 27.7 Å². The fraction of sp³-hybridized carbons (Fsp3) is 0.286. The maximum absolute atomic E-state index is 7.84. The number of benzene rings is 10. The lowest BCUT2D eigenvalue weighted by Gasteiger charge is -2.46. The van der Waals surface area contributed by atoms with Gasteiger partial charge in [-0.3, -0.25) is 0 Å². The van der Waals surface area contributed by atoms with Crippen LogP contribution in [0.15, 0.2) is 182 Å². The summed E-state index contributed by atoms with van der Waals surface area (Å²) in [7, 11) is 0. The molecule has 14 rings (SSSR count). The second-order valence-electron chi connectivity index (χ2n) is 31.7. The van der Waals surface area contributed by atoms with E-state index in [0.717, 1.165) is 45.5 Å². The van der Waals surface area contributed by atoms with Gasteiger partial charge in [-0.2, -0.15) is 0 Å². The summed E-state index contributed by atoms with van der Waals surface area (Å²) in [4.78, 5) is 7.74. The molecule has 4 aliphatic heterocycles. The maximum atomic E-state index is 7.84. The number of fused-ring (bicyclic) bond motifs is 8. The Morgan fingerprint density at radius 1 is 0.278 bits per heavy atom. The lowest BCUT2D eigenvalue weighted by atomic mass is 9.30. The number of ether oxygens (including phenoxy) is 1. The molecule has 4 heterocycles. The molecule has 0 atom stereocenters. The lowest BCUT2D eigenvalue weighted by molar-refractivity contribution is 0.488. The molecule has 0 bridgehead atoms. The van der Waals surface area contributed by atoms with Crippen molar-refractivity contribution in [2.45, 2.75) is 159 Å². The van der Waals surface area contributed by atoms with Crippen LogP contribution in [0.3, 0.4) is 0 Å². The highest BCUT2D eigenvalue weighted by molar-refractivity contribution is 7.02. The van der Waals surface area contributed by atoms with E-state index in [1.54, 1.807) is 0 Å². The number of anilines is 9.